The molecule has 3 aliphatic rings. The number of allylic oxidation sites excluding steroid dienone is 3. The minimum atomic E-state index is -1.14. The summed E-state index contributed by atoms with van der Waals surface area (Å²) in [4.78, 5) is 52.3. The Bertz CT molecular complexity index is 2380. The van der Waals surface area contributed by atoms with E-state index in [-0.39, 0.29) is 36.6 Å². The van der Waals surface area contributed by atoms with Crippen molar-refractivity contribution in [3.8, 4) is 0 Å². The molecule has 0 unspecified atom stereocenters. The van der Waals surface area contributed by atoms with Gasteiger partial charge in [0, 0.05) is 74.1 Å². The lowest BCUT2D eigenvalue weighted by Gasteiger charge is -2.19. The van der Waals surface area contributed by atoms with Crippen molar-refractivity contribution < 1.29 is 23.9 Å². The molecule has 328 valence electrons. The third-order valence-electron chi connectivity index (χ3n) is 13.9. The van der Waals surface area contributed by atoms with Gasteiger partial charge in [-0.25, -0.2) is 0 Å². The Morgan fingerprint density at radius 2 is 1.56 bits per heavy atom. The van der Waals surface area contributed by atoms with E-state index in [1.165, 1.54) is 56.8 Å². The van der Waals surface area contributed by atoms with Gasteiger partial charge in [0.25, 0.3) is 0 Å². The minimum Gasteiger partial charge on any atom is -0.468 e. The summed E-state index contributed by atoms with van der Waals surface area (Å²) in [6.45, 7) is 24.0. The normalized spacial score (nSPS) is 22.4. The molecule has 9 heteroatoms. The number of ether oxygens (including phenoxy) is 2. The standard InChI is InChI=1S/C52H70N4O5/c1-12-17-29(4)18-15-19-30(5)20-16-21-31(6)24-25-61-45(57)23-22-38-34(9)41-26-39-32(7)36(13-2)43(53-39)27-40-33(8)37(14-3)44(54-40)28-42-35(10)46-50(56-42)47(49(38)55-41)48(51(46)58)52(59)60-11/h13,24,26-30,34,38,48,53-56H,2,12,14-23,25H2,1,3-11H3/b31-24+,40-27-,41-26-,44-28-,49-47-/t29-,30-,34+,38+,48-/m1/s1. The lowest BCUT2D eigenvalue weighted by atomic mass is 9.85. The molecule has 0 amide bonds. The van der Waals surface area contributed by atoms with Crippen LogP contribution >= 0.6 is 0 Å². The van der Waals surface area contributed by atoms with Crippen LogP contribution in [-0.2, 0) is 25.5 Å². The van der Waals surface area contributed by atoms with Gasteiger partial charge < -0.3 is 29.7 Å². The van der Waals surface area contributed by atoms with Gasteiger partial charge in [0.05, 0.1) is 12.8 Å². The monoisotopic (exact) mass is 831 g/mol. The molecule has 9 nitrogen and oxygen atoms in total. The van der Waals surface area contributed by atoms with Crippen molar-refractivity contribution in [3.05, 3.63) is 96.5 Å². The maximum Gasteiger partial charge on any atom is 0.321 e. The number of nitrogens with one attached hydrogen (secondary N) is 4. The van der Waals surface area contributed by atoms with E-state index >= 15 is 0 Å². The number of ketones is 1. The van der Waals surface area contributed by atoms with Crippen LogP contribution in [0.2, 0.25) is 0 Å². The molecule has 0 saturated carbocycles. The molecular formula is C52H70N4O5. The lowest BCUT2D eigenvalue weighted by molar-refractivity contribution is -0.143. The third-order valence-corrected chi connectivity index (χ3v) is 13.9. The highest BCUT2D eigenvalue weighted by Gasteiger charge is 2.48. The number of Topliss-reactive ketones (excluding diaryl/α,β-unsaturated/α-hetero) is 1. The quantitative estimate of drug-likeness (QED) is 0.0574. The van der Waals surface area contributed by atoms with Crippen LogP contribution in [-0.4, -0.2) is 46.4 Å². The summed E-state index contributed by atoms with van der Waals surface area (Å²) in [7, 11) is 1.32. The molecule has 5 heterocycles. The van der Waals surface area contributed by atoms with Crippen LogP contribution in [0.5, 0.6) is 0 Å². The molecule has 4 N–H and O–H groups in total. The average Bonchev–Trinajstić information content (AvgIpc) is 3.97. The first-order valence-electron chi connectivity index (χ1n) is 22.9. The van der Waals surface area contributed by atoms with E-state index in [9.17, 15) is 14.4 Å². The van der Waals surface area contributed by atoms with Gasteiger partial charge >= 0.3 is 11.9 Å². The van der Waals surface area contributed by atoms with Gasteiger partial charge in [-0.3, -0.25) is 14.4 Å². The second-order valence-electron chi connectivity index (χ2n) is 18.2. The molecule has 0 spiro atoms. The number of aromatic amines is 3. The van der Waals surface area contributed by atoms with Gasteiger partial charge in [0.1, 0.15) is 12.5 Å². The molecule has 2 aliphatic heterocycles. The van der Waals surface area contributed by atoms with E-state index in [1.807, 2.05) is 19.1 Å². The SMILES string of the molecule is C=Cc1c2[nH]c(c1C)/C=C1\N/C(=C3\c4[nH]c(c(C)c4C(=O)[C@@H]3C(=O)OC)/C=c3\[nH]/c(c(C)c3CC)=C\2)[C@@H](CCC(=O)OC/C=C(\C)CCC[C@H](C)CCC[C@H](C)CCC)[C@@H]1C. The number of fused-ring (bicyclic) bond motifs is 7. The lowest BCUT2D eigenvalue weighted by Crippen LogP contribution is -2.25. The van der Waals surface area contributed by atoms with E-state index in [1.54, 1.807) is 0 Å². The number of rotatable bonds is 18. The molecule has 0 radical (unpaired) electrons. The van der Waals surface area contributed by atoms with E-state index in [2.05, 4.69) is 100 Å². The van der Waals surface area contributed by atoms with Gasteiger partial charge in [-0.1, -0.05) is 91.4 Å². The number of esters is 2. The predicted molar refractivity (Wildman–Crippen MR) is 248 cm³/mol. The van der Waals surface area contributed by atoms with E-state index < -0.39 is 11.9 Å². The van der Waals surface area contributed by atoms with E-state index in [0.717, 1.165) is 92.5 Å². The maximum absolute atomic E-state index is 14.4. The van der Waals surface area contributed by atoms with E-state index in [0.29, 0.717) is 23.3 Å². The zero-order valence-electron chi connectivity index (χ0n) is 38.5. The molecule has 1 aliphatic carbocycles. The zero-order chi connectivity index (χ0) is 44.1. The Kier molecular flexibility index (Phi) is 14.7. The number of aromatic nitrogens is 3. The fraction of sp³-hybridized carbons (Fsp3) is 0.519. The summed E-state index contributed by atoms with van der Waals surface area (Å²) >= 11 is 0. The van der Waals surface area contributed by atoms with Crippen molar-refractivity contribution in [1.29, 1.82) is 0 Å². The first-order chi connectivity index (χ1) is 29.2. The van der Waals surface area contributed by atoms with Crippen molar-refractivity contribution in [2.45, 2.75) is 133 Å². The number of hydrogen-bond donors (Lipinski definition) is 4. The highest BCUT2D eigenvalue weighted by Crippen LogP contribution is 2.48. The van der Waals surface area contributed by atoms with Crippen LogP contribution in [0.15, 0.2) is 29.6 Å². The van der Waals surface area contributed by atoms with Gasteiger partial charge in [-0.15, -0.1) is 0 Å². The van der Waals surface area contributed by atoms with Crippen LogP contribution < -0.4 is 16.0 Å². The zero-order valence-corrected chi connectivity index (χ0v) is 38.5. The van der Waals surface area contributed by atoms with Crippen LogP contribution in [0.25, 0.3) is 29.9 Å². The number of H-pyrrole nitrogens is 3. The van der Waals surface area contributed by atoms with Crippen molar-refractivity contribution in [1.82, 2.24) is 20.3 Å². The Balaban J connectivity index is 1.28. The van der Waals surface area contributed by atoms with Crippen molar-refractivity contribution in [2.75, 3.05) is 13.7 Å². The smallest absolute Gasteiger partial charge is 0.321 e. The fourth-order valence-corrected chi connectivity index (χ4v) is 10.0. The molecule has 1 saturated heterocycles. The first-order valence-corrected chi connectivity index (χ1v) is 22.9. The second kappa shape index (κ2) is 19.8. The van der Waals surface area contributed by atoms with Crippen LogP contribution in [0.3, 0.4) is 0 Å². The number of carbonyl (C=O) groups is 3. The average molecular weight is 831 g/mol. The summed E-state index contributed by atoms with van der Waals surface area (Å²) < 4.78 is 11.1. The van der Waals surface area contributed by atoms with Gasteiger partial charge in [-0.05, 0) is 112 Å². The summed E-state index contributed by atoms with van der Waals surface area (Å²) in [5.74, 6) is -1.06. The molecule has 3 aromatic rings. The fourth-order valence-electron chi connectivity index (χ4n) is 10.0. The molecule has 3 aromatic heterocycles. The molecular weight excluding hydrogens is 761 g/mol. The number of carbonyl (C=O) groups excluding carboxylic acids is 3. The highest BCUT2D eigenvalue weighted by molar-refractivity contribution is 6.24. The largest absolute Gasteiger partial charge is 0.468 e. The Labute approximate surface area is 363 Å². The summed E-state index contributed by atoms with van der Waals surface area (Å²) in [5.41, 5.74) is 12.5. The molecule has 0 aromatic carbocycles. The van der Waals surface area contributed by atoms with Crippen molar-refractivity contribution in [3.63, 3.8) is 0 Å². The highest BCUT2D eigenvalue weighted by atomic mass is 16.5. The Hall–Kier alpha value is -5.05. The van der Waals surface area contributed by atoms with Crippen molar-refractivity contribution in [2.24, 2.45) is 29.6 Å². The molecule has 61 heavy (non-hydrogen) atoms. The molecule has 5 atom stereocenters. The third kappa shape index (κ3) is 9.56. The van der Waals surface area contributed by atoms with Crippen LogP contribution in [0.1, 0.15) is 167 Å². The molecule has 6 rings (SSSR count). The van der Waals surface area contributed by atoms with Crippen LogP contribution in [0, 0.1) is 50.4 Å². The molecule has 1 fully saturated rings. The number of methoxy groups -OCH3 is 1. The number of hydrogen-bond acceptors (Lipinski definition) is 6. The van der Waals surface area contributed by atoms with Gasteiger partial charge in [0.2, 0.25) is 0 Å². The summed E-state index contributed by atoms with van der Waals surface area (Å²) in [5, 5.41) is 5.66. The van der Waals surface area contributed by atoms with E-state index in [4.69, 9.17) is 9.47 Å². The maximum atomic E-state index is 14.4. The Morgan fingerprint density at radius 1 is 0.869 bits per heavy atom. The topological polar surface area (TPSA) is 129 Å². The van der Waals surface area contributed by atoms with Crippen molar-refractivity contribution >= 4 is 47.6 Å². The predicted octanol–water partition coefficient (Wildman–Crippen LogP) is 10.0. The van der Waals surface area contributed by atoms with Gasteiger partial charge in [0.15, 0.2) is 5.78 Å². The molecule has 8 bridgehead atoms. The first kappa shape index (κ1) is 45.5. The summed E-state index contributed by atoms with van der Waals surface area (Å²) in [6, 6.07) is 0. The second-order valence-corrected chi connectivity index (χ2v) is 18.2. The minimum absolute atomic E-state index is 0.0861. The van der Waals surface area contributed by atoms with Gasteiger partial charge in [-0.2, -0.15) is 0 Å². The Morgan fingerprint density at radius 3 is 2.25 bits per heavy atom. The van der Waals surface area contributed by atoms with Crippen LogP contribution in [0.4, 0.5) is 0 Å². The summed E-state index contributed by atoms with van der Waals surface area (Å²) in [6.07, 6.45) is 21.6.